The fraction of sp³-hybridized carbons (Fsp3) is 0.412. The number of carbonyl (C=O) groups excluding carboxylic acids is 2. The predicted octanol–water partition coefficient (Wildman–Crippen LogP) is 2.74. The number of carbonyl (C=O) groups is 2. The zero-order valence-corrected chi connectivity index (χ0v) is 13.6. The normalized spacial score (nSPS) is 18.2. The zero-order chi connectivity index (χ0) is 17.7. The highest BCUT2D eigenvalue weighted by Crippen LogP contribution is 2.55. The number of nitro benzene ring substituents is 1. The Morgan fingerprint density at radius 2 is 1.83 bits per heavy atom. The van der Waals surface area contributed by atoms with Crippen molar-refractivity contribution >= 4 is 23.7 Å². The number of benzene rings is 1. The third kappa shape index (κ3) is 3.29. The van der Waals surface area contributed by atoms with E-state index in [1.807, 2.05) is 0 Å². The number of ether oxygens (including phenoxy) is 2. The summed E-state index contributed by atoms with van der Waals surface area (Å²) in [4.78, 5) is 34.9. The number of nitrogens with zero attached hydrogens (tertiary/aromatic N) is 1. The lowest BCUT2D eigenvalue weighted by Crippen LogP contribution is -2.31. The number of rotatable bonds is 7. The molecular formula is C17H19NO6. The molecule has 0 spiro atoms. The van der Waals surface area contributed by atoms with Crippen LogP contribution in [0.2, 0.25) is 0 Å². The molecule has 1 aliphatic carbocycles. The molecule has 7 nitrogen and oxygen atoms in total. The number of hydrogen-bond acceptors (Lipinski definition) is 6. The number of para-hydroxylation sites is 1. The third-order valence-electron chi connectivity index (χ3n) is 3.94. The lowest BCUT2D eigenvalue weighted by molar-refractivity contribution is -0.385. The van der Waals surface area contributed by atoms with Crippen molar-refractivity contribution in [2.24, 2.45) is 11.3 Å². The summed E-state index contributed by atoms with van der Waals surface area (Å²) in [6.07, 6.45) is 3.47. The molecule has 0 amide bonds. The second-order valence-corrected chi connectivity index (χ2v) is 5.40. The maximum atomic E-state index is 12.2. The molecule has 7 heteroatoms. The Balaban J connectivity index is 2.22. The highest BCUT2D eigenvalue weighted by atomic mass is 16.6. The van der Waals surface area contributed by atoms with Crippen molar-refractivity contribution in [1.82, 2.24) is 0 Å². The van der Waals surface area contributed by atoms with Gasteiger partial charge in [-0.3, -0.25) is 19.7 Å². The first-order valence-corrected chi connectivity index (χ1v) is 7.73. The van der Waals surface area contributed by atoms with Gasteiger partial charge in [0, 0.05) is 12.0 Å². The van der Waals surface area contributed by atoms with Crippen LogP contribution in [0.15, 0.2) is 30.3 Å². The lowest BCUT2D eigenvalue weighted by Gasteiger charge is -2.13. The van der Waals surface area contributed by atoms with Crippen molar-refractivity contribution in [1.29, 1.82) is 0 Å². The second kappa shape index (κ2) is 7.25. The Kier molecular flexibility index (Phi) is 5.33. The first kappa shape index (κ1) is 17.7. The number of allylic oxidation sites excluding steroid dienone is 1. The predicted molar refractivity (Wildman–Crippen MR) is 85.9 cm³/mol. The van der Waals surface area contributed by atoms with E-state index in [4.69, 9.17) is 9.47 Å². The molecule has 1 fully saturated rings. The SMILES string of the molecule is CCOC(=O)C1(C(=O)OCC)CC1C=Cc1ccccc1[N+](=O)[O-]. The molecule has 24 heavy (non-hydrogen) atoms. The minimum atomic E-state index is -1.33. The molecule has 2 rings (SSSR count). The van der Waals surface area contributed by atoms with Crippen LogP contribution < -0.4 is 0 Å². The fourth-order valence-corrected chi connectivity index (χ4v) is 2.61. The number of hydrogen-bond donors (Lipinski definition) is 0. The molecule has 0 aliphatic heterocycles. The van der Waals surface area contributed by atoms with Gasteiger partial charge in [0.05, 0.1) is 23.7 Å². The van der Waals surface area contributed by atoms with Crippen molar-refractivity contribution < 1.29 is 24.0 Å². The van der Waals surface area contributed by atoms with E-state index >= 15 is 0 Å². The van der Waals surface area contributed by atoms with Gasteiger partial charge in [-0.25, -0.2) is 0 Å². The summed E-state index contributed by atoms with van der Waals surface area (Å²) in [6.45, 7) is 3.66. The molecule has 0 N–H and O–H groups in total. The summed E-state index contributed by atoms with van der Waals surface area (Å²) in [5.41, 5.74) is -0.949. The average molecular weight is 333 g/mol. The van der Waals surface area contributed by atoms with Gasteiger partial charge in [0.25, 0.3) is 5.69 Å². The second-order valence-electron chi connectivity index (χ2n) is 5.40. The maximum Gasteiger partial charge on any atom is 0.324 e. The third-order valence-corrected chi connectivity index (χ3v) is 3.94. The molecular weight excluding hydrogens is 314 g/mol. The topological polar surface area (TPSA) is 95.7 Å². The molecule has 1 aromatic carbocycles. The molecule has 0 radical (unpaired) electrons. The van der Waals surface area contributed by atoms with E-state index in [0.717, 1.165) is 0 Å². The van der Waals surface area contributed by atoms with E-state index in [-0.39, 0.29) is 25.3 Å². The van der Waals surface area contributed by atoms with Gasteiger partial charge in [-0.05, 0) is 26.3 Å². The molecule has 1 aliphatic rings. The fourth-order valence-electron chi connectivity index (χ4n) is 2.61. The van der Waals surface area contributed by atoms with Gasteiger partial charge in [0.2, 0.25) is 0 Å². The first-order valence-electron chi connectivity index (χ1n) is 7.73. The van der Waals surface area contributed by atoms with E-state index in [2.05, 4.69) is 0 Å². The van der Waals surface area contributed by atoms with Crippen LogP contribution in [-0.4, -0.2) is 30.1 Å². The van der Waals surface area contributed by atoms with Gasteiger partial charge >= 0.3 is 11.9 Å². The van der Waals surface area contributed by atoms with Crippen molar-refractivity contribution in [2.75, 3.05) is 13.2 Å². The van der Waals surface area contributed by atoms with Gasteiger partial charge < -0.3 is 9.47 Å². The molecule has 1 aromatic rings. The molecule has 0 heterocycles. The molecule has 128 valence electrons. The summed E-state index contributed by atoms with van der Waals surface area (Å²) in [5.74, 6) is -1.61. The Hall–Kier alpha value is -2.70. The average Bonchev–Trinajstić information content (AvgIpc) is 3.29. The number of nitro groups is 1. The van der Waals surface area contributed by atoms with Crippen molar-refractivity contribution in [2.45, 2.75) is 20.3 Å². The Morgan fingerprint density at radius 3 is 2.38 bits per heavy atom. The Morgan fingerprint density at radius 1 is 1.25 bits per heavy atom. The smallest absolute Gasteiger partial charge is 0.324 e. The molecule has 0 saturated heterocycles. The summed E-state index contributed by atoms with van der Waals surface area (Å²) in [7, 11) is 0. The molecule has 1 atom stereocenters. The molecule has 0 bridgehead atoms. The van der Waals surface area contributed by atoms with Crippen molar-refractivity contribution in [3.63, 3.8) is 0 Å². The van der Waals surface area contributed by atoms with Gasteiger partial charge in [0.15, 0.2) is 5.41 Å². The van der Waals surface area contributed by atoms with Crippen LogP contribution in [-0.2, 0) is 19.1 Å². The van der Waals surface area contributed by atoms with Crippen LogP contribution in [0.25, 0.3) is 6.08 Å². The Bertz CT molecular complexity index is 663. The summed E-state index contributed by atoms with van der Waals surface area (Å²) in [5, 5.41) is 11.0. The summed E-state index contributed by atoms with van der Waals surface area (Å²) in [6, 6.07) is 6.27. The molecule has 1 unspecified atom stereocenters. The first-order chi connectivity index (χ1) is 11.5. The standard InChI is InChI=1S/C17H19NO6/c1-3-23-15(19)17(16(20)24-4-2)11-13(17)10-9-12-7-5-6-8-14(12)18(21)22/h5-10,13H,3-4,11H2,1-2H3. The van der Waals surface area contributed by atoms with E-state index in [1.54, 1.807) is 44.2 Å². The van der Waals surface area contributed by atoms with Crippen LogP contribution in [0.1, 0.15) is 25.8 Å². The lowest BCUT2D eigenvalue weighted by atomic mass is 10.0. The van der Waals surface area contributed by atoms with Crippen molar-refractivity contribution in [3.8, 4) is 0 Å². The monoisotopic (exact) mass is 333 g/mol. The van der Waals surface area contributed by atoms with E-state index < -0.39 is 28.2 Å². The van der Waals surface area contributed by atoms with Crippen molar-refractivity contribution in [3.05, 3.63) is 46.0 Å². The minimum Gasteiger partial charge on any atom is -0.465 e. The summed E-state index contributed by atoms with van der Waals surface area (Å²) >= 11 is 0. The largest absolute Gasteiger partial charge is 0.465 e. The van der Waals surface area contributed by atoms with E-state index in [9.17, 15) is 19.7 Å². The van der Waals surface area contributed by atoms with Crippen LogP contribution in [0.4, 0.5) is 5.69 Å². The highest BCUT2D eigenvalue weighted by Gasteiger charge is 2.67. The van der Waals surface area contributed by atoms with Crippen LogP contribution in [0.3, 0.4) is 0 Å². The van der Waals surface area contributed by atoms with Gasteiger partial charge in [-0.15, -0.1) is 0 Å². The highest BCUT2D eigenvalue weighted by molar-refractivity contribution is 6.04. The van der Waals surface area contributed by atoms with E-state index in [0.29, 0.717) is 5.56 Å². The zero-order valence-electron chi connectivity index (χ0n) is 13.6. The number of esters is 2. The maximum absolute atomic E-state index is 12.2. The molecule has 1 saturated carbocycles. The van der Waals surface area contributed by atoms with Gasteiger partial charge in [-0.1, -0.05) is 24.3 Å². The van der Waals surface area contributed by atoms with Crippen LogP contribution in [0, 0.1) is 21.4 Å². The van der Waals surface area contributed by atoms with Crippen LogP contribution in [0.5, 0.6) is 0 Å². The van der Waals surface area contributed by atoms with Gasteiger partial charge in [0.1, 0.15) is 0 Å². The van der Waals surface area contributed by atoms with Crippen LogP contribution >= 0.6 is 0 Å². The van der Waals surface area contributed by atoms with E-state index in [1.165, 1.54) is 6.07 Å². The quantitative estimate of drug-likeness (QED) is 0.329. The minimum absolute atomic E-state index is 0.0349. The molecule has 0 aromatic heterocycles. The van der Waals surface area contributed by atoms with Gasteiger partial charge in [-0.2, -0.15) is 0 Å². The Labute approximate surface area is 139 Å². The summed E-state index contributed by atoms with van der Waals surface area (Å²) < 4.78 is 10.00.